The van der Waals surface area contributed by atoms with Crippen LogP contribution in [0.1, 0.15) is 25.7 Å². The second-order valence-corrected chi connectivity index (χ2v) is 6.97. The third-order valence-electron chi connectivity index (χ3n) is 5.34. The van der Waals surface area contributed by atoms with E-state index in [1.54, 1.807) is 17.5 Å². The van der Waals surface area contributed by atoms with Crippen LogP contribution in [0.2, 0.25) is 0 Å². The number of carbonyl (C=O) groups is 2. The number of hydroxylamine groups is 2. The monoisotopic (exact) mass is 360 g/mol. The Hall–Kier alpha value is -1.99. The van der Waals surface area contributed by atoms with E-state index >= 15 is 0 Å². The van der Waals surface area contributed by atoms with E-state index in [0.717, 1.165) is 51.0 Å². The summed E-state index contributed by atoms with van der Waals surface area (Å²) < 4.78 is 0. The Morgan fingerprint density at radius 2 is 1.92 bits per heavy atom. The third-order valence-corrected chi connectivity index (χ3v) is 5.34. The summed E-state index contributed by atoms with van der Waals surface area (Å²) in [6, 6.07) is 3.99. The molecule has 0 radical (unpaired) electrons. The largest absolute Gasteiger partial charge is 0.369 e. The molecule has 0 spiro atoms. The van der Waals surface area contributed by atoms with E-state index in [1.165, 1.54) is 0 Å². The molecule has 0 aromatic carbocycles. The van der Waals surface area contributed by atoms with E-state index in [9.17, 15) is 9.59 Å². The molecule has 7 heteroatoms. The number of anilines is 1. The van der Waals surface area contributed by atoms with Crippen LogP contribution in [0.15, 0.2) is 24.5 Å². The van der Waals surface area contributed by atoms with Crippen molar-refractivity contribution in [2.24, 2.45) is 11.8 Å². The highest BCUT2D eigenvalue weighted by molar-refractivity contribution is 5.73. The Labute approximate surface area is 154 Å². The average Bonchev–Trinajstić information content (AvgIpc) is 2.70. The normalized spacial score (nSPS) is 20.5. The van der Waals surface area contributed by atoms with Gasteiger partial charge in [-0.3, -0.25) is 9.78 Å². The lowest BCUT2D eigenvalue weighted by molar-refractivity contribution is -0.199. The van der Waals surface area contributed by atoms with Crippen molar-refractivity contribution < 1.29 is 14.4 Å². The van der Waals surface area contributed by atoms with E-state index < -0.39 is 0 Å². The van der Waals surface area contributed by atoms with Gasteiger partial charge in [-0.1, -0.05) is 0 Å². The number of hydrogen-bond acceptors (Lipinski definition) is 7. The number of piperazine rings is 1. The van der Waals surface area contributed by atoms with Gasteiger partial charge in [0.15, 0.2) is 0 Å². The van der Waals surface area contributed by atoms with Gasteiger partial charge in [-0.25, -0.2) is 0 Å². The molecule has 2 fully saturated rings. The summed E-state index contributed by atoms with van der Waals surface area (Å²) in [7, 11) is 0. The van der Waals surface area contributed by atoms with Crippen LogP contribution in [0.3, 0.4) is 0 Å². The van der Waals surface area contributed by atoms with Crippen LogP contribution in [0, 0.1) is 11.8 Å². The predicted molar refractivity (Wildman–Crippen MR) is 98.5 cm³/mol. The fourth-order valence-electron chi connectivity index (χ4n) is 3.83. The molecule has 0 bridgehead atoms. The maximum atomic E-state index is 12.7. The average molecular weight is 360 g/mol. The van der Waals surface area contributed by atoms with Crippen molar-refractivity contribution in [2.75, 3.05) is 44.2 Å². The molecule has 1 unspecified atom stereocenters. The first-order valence-corrected chi connectivity index (χ1v) is 9.54. The molecule has 3 heterocycles. The minimum atomic E-state index is -0.180. The minimum absolute atomic E-state index is 0.170. The van der Waals surface area contributed by atoms with Gasteiger partial charge in [0, 0.05) is 37.6 Å². The van der Waals surface area contributed by atoms with E-state index in [0.29, 0.717) is 31.8 Å². The highest BCUT2D eigenvalue weighted by Crippen LogP contribution is 2.27. The molecule has 26 heavy (non-hydrogen) atoms. The molecule has 142 valence electrons. The molecular weight excluding hydrogens is 332 g/mol. The third kappa shape index (κ3) is 5.02. The summed E-state index contributed by atoms with van der Waals surface area (Å²) in [4.78, 5) is 35.6. The van der Waals surface area contributed by atoms with Crippen molar-refractivity contribution in [1.29, 1.82) is 0 Å². The van der Waals surface area contributed by atoms with Crippen molar-refractivity contribution in [3.63, 3.8) is 0 Å². The number of aromatic nitrogens is 1. The molecule has 7 nitrogen and oxygen atoms in total. The van der Waals surface area contributed by atoms with Gasteiger partial charge in [0.25, 0.3) is 0 Å². The van der Waals surface area contributed by atoms with Crippen molar-refractivity contribution in [3.8, 4) is 0 Å². The highest BCUT2D eigenvalue weighted by Gasteiger charge is 2.32. The fraction of sp³-hybridized carbons (Fsp3) is 0.632. The lowest BCUT2D eigenvalue weighted by atomic mass is 9.82. The Balaban J connectivity index is 1.51. The molecule has 3 rings (SSSR count). The van der Waals surface area contributed by atoms with Crippen LogP contribution in [-0.4, -0.2) is 61.6 Å². The molecule has 0 saturated carbocycles. The Bertz CT molecular complexity index is 569. The van der Waals surface area contributed by atoms with E-state index in [2.05, 4.69) is 15.2 Å². The van der Waals surface area contributed by atoms with Crippen LogP contribution < -0.4 is 10.2 Å². The maximum Gasteiger partial charge on any atom is 0.328 e. The molecule has 1 atom stereocenters. The summed E-state index contributed by atoms with van der Waals surface area (Å²) in [5.74, 6) is -0.0431. The molecule has 0 amide bonds. The van der Waals surface area contributed by atoms with Gasteiger partial charge in [0.2, 0.25) is 0 Å². The smallest absolute Gasteiger partial charge is 0.328 e. The van der Waals surface area contributed by atoms with Crippen LogP contribution in [0.4, 0.5) is 5.69 Å². The molecule has 2 saturated heterocycles. The molecule has 0 aliphatic carbocycles. The SMILES string of the molecule is O=CCCC(C(=O)ON1CCN(c2ccncc2)CC1)C1CCNCC1. The fourth-order valence-corrected chi connectivity index (χ4v) is 3.83. The Kier molecular flexibility index (Phi) is 6.96. The molecule has 1 aromatic heterocycles. The number of hydrogen-bond donors (Lipinski definition) is 1. The molecule has 1 aromatic rings. The zero-order valence-electron chi connectivity index (χ0n) is 15.2. The maximum absolute atomic E-state index is 12.7. The second kappa shape index (κ2) is 9.64. The zero-order valence-corrected chi connectivity index (χ0v) is 15.2. The first kappa shape index (κ1) is 18.8. The van der Waals surface area contributed by atoms with E-state index in [-0.39, 0.29) is 11.9 Å². The van der Waals surface area contributed by atoms with Gasteiger partial charge in [-0.15, -0.1) is 5.06 Å². The topological polar surface area (TPSA) is 74.8 Å². The van der Waals surface area contributed by atoms with Crippen LogP contribution in [-0.2, 0) is 14.4 Å². The summed E-state index contributed by atoms with van der Waals surface area (Å²) in [6.07, 6.45) is 7.41. The number of nitrogens with zero attached hydrogens (tertiary/aromatic N) is 3. The molecular formula is C19H28N4O3. The summed E-state index contributed by atoms with van der Waals surface area (Å²) >= 11 is 0. The van der Waals surface area contributed by atoms with Crippen molar-refractivity contribution >= 4 is 17.9 Å². The minimum Gasteiger partial charge on any atom is -0.369 e. The van der Waals surface area contributed by atoms with E-state index in [1.807, 2.05) is 12.1 Å². The molecule has 2 aliphatic rings. The lowest BCUT2D eigenvalue weighted by Gasteiger charge is -2.36. The summed E-state index contributed by atoms with van der Waals surface area (Å²) in [6.45, 7) is 4.84. The van der Waals surface area contributed by atoms with Crippen LogP contribution in [0.25, 0.3) is 0 Å². The van der Waals surface area contributed by atoms with Crippen LogP contribution >= 0.6 is 0 Å². The van der Waals surface area contributed by atoms with Gasteiger partial charge in [-0.2, -0.15) is 0 Å². The van der Waals surface area contributed by atoms with Gasteiger partial charge in [0.05, 0.1) is 19.0 Å². The Morgan fingerprint density at radius 3 is 2.58 bits per heavy atom. The van der Waals surface area contributed by atoms with Crippen molar-refractivity contribution in [2.45, 2.75) is 25.7 Å². The van der Waals surface area contributed by atoms with Gasteiger partial charge in [-0.05, 0) is 50.4 Å². The van der Waals surface area contributed by atoms with Gasteiger partial charge in [0.1, 0.15) is 6.29 Å². The summed E-state index contributed by atoms with van der Waals surface area (Å²) in [5.41, 5.74) is 1.14. The number of aldehydes is 1. The summed E-state index contributed by atoms with van der Waals surface area (Å²) in [5, 5.41) is 5.10. The number of carbonyl (C=O) groups excluding carboxylic acids is 2. The number of piperidine rings is 1. The first-order valence-electron chi connectivity index (χ1n) is 9.54. The zero-order chi connectivity index (χ0) is 18.2. The van der Waals surface area contributed by atoms with Crippen molar-refractivity contribution in [3.05, 3.63) is 24.5 Å². The number of nitrogens with one attached hydrogen (secondary N) is 1. The number of pyridine rings is 1. The molecule has 1 N–H and O–H groups in total. The highest BCUT2D eigenvalue weighted by atomic mass is 16.7. The quantitative estimate of drug-likeness (QED) is 0.734. The first-order chi connectivity index (χ1) is 12.8. The van der Waals surface area contributed by atoms with Crippen molar-refractivity contribution in [1.82, 2.24) is 15.4 Å². The second-order valence-electron chi connectivity index (χ2n) is 6.97. The van der Waals surface area contributed by atoms with E-state index in [4.69, 9.17) is 4.84 Å². The molecule has 2 aliphatic heterocycles. The predicted octanol–water partition coefficient (Wildman–Crippen LogP) is 1.26. The number of rotatable bonds is 7. The standard InChI is InChI=1S/C19H28N4O3/c24-15-1-2-18(16-3-7-20-8-4-16)19(25)26-23-13-11-22(12-14-23)17-5-9-21-10-6-17/h5-6,9-10,15-16,18,20H,1-4,7-8,11-14H2. The van der Waals surface area contributed by atoms with Gasteiger partial charge >= 0.3 is 5.97 Å². The Morgan fingerprint density at radius 1 is 1.23 bits per heavy atom. The van der Waals surface area contributed by atoms with Gasteiger partial charge < -0.3 is 19.8 Å². The lowest BCUT2D eigenvalue weighted by Crippen LogP contribution is -2.48. The van der Waals surface area contributed by atoms with Crippen LogP contribution in [0.5, 0.6) is 0 Å².